The minimum Gasteiger partial charge on any atom is -0.453 e. The molecule has 3 aromatic rings. The van der Waals surface area contributed by atoms with Gasteiger partial charge in [-0.3, -0.25) is 4.90 Å². The molecular weight excluding hydrogens is 628 g/mol. The molecule has 1 aliphatic rings. The summed E-state index contributed by atoms with van der Waals surface area (Å²) < 4.78 is 104. The van der Waals surface area contributed by atoms with Gasteiger partial charge in [0.05, 0.1) is 24.2 Å². The smallest absolute Gasteiger partial charge is 0.453 e. The maximum absolute atomic E-state index is 14.1. The Balaban J connectivity index is 1.52. The van der Waals surface area contributed by atoms with Gasteiger partial charge in [0, 0.05) is 59.2 Å². The number of amides is 2. The standard InChI is InChI=1S/C28H34F6N5O5Si/c1-45(2)15-14-42-18-39-17-20(27(29,30)31)24-22(6-8-35-25(24)39)43-21-5-4-19(16-23(21)44-28(32,33)34)37-26(40)36-7-3-9-38-10-12-41-13-11-38/h4-6,8,16-17H,3,7,9-15,18H2,1-2H3,(H2,36,37,40). The van der Waals surface area contributed by atoms with Gasteiger partial charge in [0.15, 0.2) is 11.5 Å². The van der Waals surface area contributed by atoms with Crippen molar-refractivity contribution in [3.63, 3.8) is 0 Å². The number of nitrogens with zero attached hydrogens (tertiary/aromatic N) is 3. The molecule has 2 amide bonds. The normalized spacial score (nSPS) is 14.6. The lowest BCUT2D eigenvalue weighted by molar-refractivity contribution is -0.275. The minimum atomic E-state index is -5.16. The molecule has 45 heavy (non-hydrogen) atoms. The molecular formula is C28H34F6N5O5Si. The molecule has 10 nitrogen and oxygen atoms in total. The number of anilines is 1. The molecule has 0 aliphatic carbocycles. The van der Waals surface area contributed by atoms with Crippen LogP contribution in [0.4, 0.5) is 36.8 Å². The largest absolute Gasteiger partial charge is 0.573 e. The number of pyridine rings is 1. The first-order valence-corrected chi connectivity index (χ1v) is 16.9. The van der Waals surface area contributed by atoms with Crippen molar-refractivity contribution in [1.29, 1.82) is 0 Å². The van der Waals surface area contributed by atoms with E-state index in [0.717, 1.165) is 50.1 Å². The highest BCUT2D eigenvalue weighted by atomic mass is 28.3. The molecule has 17 heteroatoms. The number of fused-ring (bicyclic) bond motifs is 1. The van der Waals surface area contributed by atoms with Crippen LogP contribution in [-0.4, -0.2) is 81.6 Å². The highest BCUT2D eigenvalue weighted by Gasteiger charge is 2.37. The molecule has 1 radical (unpaired) electrons. The summed E-state index contributed by atoms with van der Waals surface area (Å²) in [7, 11) is -0.599. The second-order valence-electron chi connectivity index (χ2n) is 10.5. The lowest BCUT2D eigenvalue weighted by atomic mass is 10.2. The number of aromatic nitrogens is 2. The van der Waals surface area contributed by atoms with Gasteiger partial charge in [-0.1, -0.05) is 13.1 Å². The summed E-state index contributed by atoms with van der Waals surface area (Å²) in [5.74, 6) is -1.80. The fourth-order valence-electron chi connectivity index (χ4n) is 4.52. The van der Waals surface area contributed by atoms with E-state index < -0.39 is 55.6 Å². The number of hydrogen-bond acceptors (Lipinski definition) is 7. The van der Waals surface area contributed by atoms with Crippen molar-refractivity contribution in [3.05, 3.63) is 42.2 Å². The van der Waals surface area contributed by atoms with Gasteiger partial charge in [0.25, 0.3) is 0 Å². The Labute approximate surface area is 257 Å². The van der Waals surface area contributed by atoms with E-state index in [-0.39, 0.29) is 18.1 Å². The van der Waals surface area contributed by atoms with E-state index in [2.05, 4.69) is 38.3 Å². The van der Waals surface area contributed by atoms with Crippen molar-refractivity contribution in [2.45, 2.75) is 44.8 Å². The number of ether oxygens (including phenoxy) is 4. The Bertz CT molecular complexity index is 1430. The molecule has 2 aromatic heterocycles. The van der Waals surface area contributed by atoms with E-state index in [1.807, 2.05) is 0 Å². The zero-order valence-corrected chi connectivity index (χ0v) is 25.7. The molecule has 1 saturated heterocycles. The molecule has 3 heterocycles. The maximum Gasteiger partial charge on any atom is 0.573 e. The Morgan fingerprint density at radius 1 is 1.07 bits per heavy atom. The summed E-state index contributed by atoms with van der Waals surface area (Å²) in [6, 6.07) is 4.41. The Hall–Kier alpha value is -3.54. The monoisotopic (exact) mass is 662 g/mol. The molecule has 0 atom stereocenters. The summed E-state index contributed by atoms with van der Waals surface area (Å²) in [6.07, 6.45) is -7.34. The average Bonchev–Trinajstić information content (AvgIpc) is 3.35. The number of rotatable bonds is 13. The highest BCUT2D eigenvalue weighted by molar-refractivity contribution is 6.55. The summed E-state index contributed by atoms with van der Waals surface area (Å²) >= 11 is 0. The van der Waals surface area contributed by atoms with Crippen LogP contribution >= 0.6 is 0 Å². The summed E-state index contributed by atoms with van der Waals surface area (Å²) in [6.45, 7) is 8.24. The quantitative estimate of drug-likeness (QED) is 0.126. The van der Waals surface area contributed by atoms with Crippen LogP contribution < -0.4 is 20.1 Å². The van der Waals surface area contributed by atoms with Crippen molar-refractivity contribution in [3.8, 4) is 17.2 Å². The van der Waals surface area contributed by atoms with E-state index >= 15 is 0 Å². The molecule has 1 fully saturated rings. The van der Waals surface area contributed by atoms with Crippen molar-refractivity contribution in [2.75, 3.05) is 51.3 Å². The van der Waals surface area contributed by atoms with Crippen LogP contribution in [-0.2, 0) is 22.4 Å². The van der Waals surface area contributed by atoms with Gasteiger partial charge < -0.3 is 34.1 Å². The third kappa shape index (κ3) is 10.2. The van der Waals surface area contributed by atoms with E-state index in [0.29, 0.717) is 32.8 Å². The van der Waals surface area contributed by atoms with Crippen molar-refractivity contribution >= 4 is 31.5 Å². The molecule has 0 saturated carbocycles. The van der Waals surface area contributed by atoms with Crippen LogP contribution in [0.25, 0.3) is 11.0 Å². The summed E-state index contributed by atoms with van der Waals surface area (Å²) in [5.41, 5.74) is -1.28. The molecule has 0 unspecified atom stereocenters. The second kappa shape index (κ2) is 15.2. The first-order chi connectivity index (χ1) is 21.3. The number of alkyl halides is 6. The zero-order valence-electron chi connectivity index (χ0n) is 24.7. The van der Waals surface area contributed by atoms with Gasteiger partial charge in [0.1, 0.15) is 18.1 Å². The number of morpholine rings is 1. The average molecular weight is 663 g/mol. The third-order valence-electron chi connectivity index (χ3n) is 6.69. The first kappa shape index (κ1) is 34.3. The van der Waals surface area contributed by atoms with Crippen LogP contribution in [0.1, 0.15) is 12.0 Å². The molecule has 2 N–H and O–H groups in total. The van der Waals surface area contributed by atoms with Crippen molar-refractivity contribution in [2.24, 2.45) is 0 Å². The topological polar surface area (TPSA) is 99.1 Å². The summed E-state index contributed by atoms with van der Waals surface area (Å²) in [4.78, 5) is 18.6. The fraction of sp³-hybridized carbons (Fsp3) is 0.500. The molecule has 0 spiro atoms. The molecule has 0 bridgehead atoms. The number of carbonyl (C=O) groups is 1. The van der Waals surface area contributed by atoms with Crippen molar-refractivity contribution < 1.29 is 50.1 Å². The van der Waals surface area contributed by atoms with Gasteiger partial charge in [-0.15, -0.1) is 13.2 Å². The maximum atomic E-state index is 14.1. The zero-order chi connectivity index (χ0) is 32.6. The van der Waals surface area contributed by atoms with Crippen LogP contribution in [0.2, 0.25) is 19.1 Å². The SMILES string of the molecule is C[Si](C)CCOCn1cc(C(F)(F)F)c2c(Oc3ccc(NC(=O)NCCCN4CCOCC4)cc3OC(F)(F)F)ccnc21. The highest BCUT2D eigenvalue weighted by Crippen LogP contribution is 2.43. The number of nitrogens with one attached hydrogen (secondary N) is 2. The molecule has 1 aromatic carbocycles. The van der Waals surface area contributed by atoms with E-state index in [1.165, 1.54) is 16.8 Å². The molecule has 1 aliphatic heterocycles. The van der Waals surface area contributed by atoms with Gasteiger partial charge >= 0.3 is 18.6 Å². The van der Waals surface area contributed by atoms with Crippen LogP contribution in [0.3, 0.4) is 0 Å². The summed E-state index contributed by atoms with van der Waals surface area (Å²) in [5, 5.41) is 4.60. The second-order valence-corrected chi connectivity index (χ2v) is 13.4. The lowest BCUT2D eigenvalue weighted by Crippen LogP contribution is -2.38. The van der Waals surface area contributed by atoms with E-state index in [1.54, 1.807) is 0 Å². The van der Waals surface area contributed by atoms with Crippen LogP contribution in [0.15, 0.2) is 36.7 Å². The Morgan fingerprint density at radius 2 is 1.82 bits per heavy atom. The number of carbonyl (C=O) groups excluding carboxylic acids is 1. The van der Waals surface area contributed by atoms with Gasteiger partial charge in [-0.25, -0.2) is 9.78 Å². The molecule has 4 rings (SSSR count). The lowest BCUT2D eigenvalue weighted by Gasteiger charge is -2.26. The number of halogens is 6. The first-order valence-electron chi connectivity index (χ1n) is 14.1. The molecule has 247 valence electrons. The Morgan fingerprint density at radius 3 is 2.51 bits per heavy atom. The van der Waals surface area contributed by atoms with E-state index in [9.17, 15) is 31.1 Å². The third-order valence-corrected chi connectivity index (χ3v) is 7.89. The van der Waals surface area contributed by atoms with Crippen LogP contribution in [0, 0.1) is 0 Å². The number of benzene rings is 1. The fourth-order valence-corrected chi connectivity index (χ4v) is 5.07. The van der Waals surface area contributed by atoms with E-state index in [4.69, 9.17) is 14.2 Å². The predicted octanol–water partition coefficient (Wildman–Crippen LogP) is 6.32. The Kier molecular flexibility index (Phi) is 11.6. The van der Waals surface area contributed by atoms with Crippen LogP contribution in [0.5, 0.6) is 17.2 Å². The minimum absolute atomic E-state index is 0.0601. The number of urea groups is 1. The predicted molar refractivity (Wildman–Crippen MR) is 155 cm³/mol. The van der Waals surface area contributed by atoms with Gasteiger partial charge in [0.2, 0.25) is 0 Å². The van der Waals surface area contributed by atoms with Crippen molar-refractivity contribution in [1.82, 2.24) is 19.8 Å². The van der Waals surface area contributed by atoms with Gasteiger partial charge in [-0.05, 0) is 37.2 Å². The number of hydrogen-bond donors (Lipinski definition) is 2. The van der Waals surface area contributed by atoms with Gasteiger partial charge in [-0.2, -0.15) is 13.2 Å².